The Kier molecular flexibility index (Phi) is 5.15. The predicted octanol–water partition coefficient (Wildman–Crippen LogP) is 4.62. The Bertz CT molecular complexity index is 1150. The van der Waals surface area contributed by atoms with Gasteiger partial charge in [0.25, 0.3) is 0 Å². The van der Waals surface area contributed by atoms with E-state index in [4.69, 9.17) is 4.74 Å². The van der Waals surface area contributed by atoms with E-state index in [1.807, 2.05) is 18.2 Å². The smallest absolute Gasteiger partial charge is 0.387 e. The summed E-state index contributed by atoms with van der Waals surface area (Å²) in [6.45, 7) is 0.781. The van der Waals surface area contributed by atoms with Gasteiger partial charge < -0.3 is 9.47 Å². The number of nitrogens with zero attached hydrogens (tertiary/aromatic N) is 4. The van der Waals surface area contributed by atoms with Crippen LogP contribution in [0, 0.1) is 0 Å². The maximum Gasteiger partial charge on any atom is 0.387 e. The van der Waals surface area contributed by atoms with Gasteiger partial charge in [-0.05, 0) is 36.4 Å². The number of rotatable bonds is 7. The van der Waals surface area contributed by atoms with Crippen LogP contribution in [0.5, 0.6) is 11.5 Å². The molecule has 146 valence electrons. The lowest BCUT2D eigenvalue weighted by atomic mass is 10.1. The molecule has 0 unspecified atom stereocenters. The molecule has 29 heavy (non-hydrogen) atoms. The van der Waals surface area contributed by atoms with Gasteiger partial charge in [-0.1, -0.05) is 12.7 Å². The van der Waals surface area contributed by atoms with Crippen molar-refractivity contribution in [2.75, 3.05) is 6.61 Å². The summed E-state index contributed by atoms with van der Waals surface area (Å²) >= 11 is 0. The van der Waals surface area contributed by atoms with E-state index >= 15 is 0 Å². The Morgan fingerprint density at radius 1 is 1.07 bits per heavy atom. The highest BCUT2D eigenvalue weighted by Gasteiger charge is 2.15. The van der Waals surface area contributed by atoms with Gasteiger partial charge in [-0.15, -0.1) is 0 Å². The molecule has 1 aromatic carbocycles. The first-order valence-corrected chi connectivity index (χ1v) is 8.74. The van der Waals surface area contributed by atoms with Crippen LogP contribution in [0.4, 0.5) is 8.78 Å². The number of ether oxygens (including phenoxy) is 2. The summed E-state index contributed by atoms with van der Waals surface area (Å²) in [7, 11) is 0. The number of alkyl halides is 2. The van der Waals surface area contributed by atoms with E-state index in [1.165, 1.54) is 12.1 Å². The minimum atomic E-state index is -2.95. The molecule has 3 aromatic heterocycles. The van der Waals surface area contributed by atoms with Crippen molar-refractivity contribution >= 4 is 5.65 Å². The fourth-order valence-electron chi connectivity index (χ4n) is 2.89. The predicted molar refractivity (Wildman–Crippen MR) is 104 cm³/mol. The van der Waals surface area contributed by atoms with Gasteiger partial charge in [0.2, 0.25) is 0 Å². The Morgan fingerprint density at radius 3 is 2.72 bits per heavy atom. The molecule has 6 nitrogen and oxygen atoms in total. The molecule has 0 spiro atoms. The monoisotopic (exact) mass is 394 g/mol. The normalized spacial score (nSPS) is 11.0. The van der Waals surface area contributed by atoms with Crippen molar-refractivity contribution in [1.29, 1.82) is 0 Å². The van der Waals surface area contributed by atoms with E-state index in [2.05, 4.69) is 26.4 Å². The summed E-state index contributed by atoms with van der Waals surface area (Å²) < 4.78 is 37.1. The average Bonchev–Trinajstić information content (AvgIpc) is 3.18. The van der Waals surface area contributed by atoms with Crippen LogP contribution in [-0.4, -0.2) is 32.8 Å². The van der Waals surface area contributed by atoms with Crippen molar-refractivity contribution in [3.8, 4) is 34.0 Å². The largest absolute Gasteiger partial charge is 0.486 e. The van der Waals surface area contributed by atoms with Crippen molar-refractivity contribution in [3.63, 3.8) is 0 Å². The Hall–Kier alpha value is -3.81. The van der Waals surface area contributed by atoms with Crippen LogP contribution < -0.4 is 9.47 Å². The number of pyridine rings is 1. The van der Waals surface area contributed by atoms with Gasteiger partial charge in [0, 0.05) is 35.8 Å². The zero-order valence-corrected chi connectivity index (χ0v) is 15.2. The van der Waals surface area contributed by atoms with Crippen LogP contribution in [0.2, 0.25) is 0 Å². The second-order valence-electron chi connectivity index (χ2n) is 6.01. The summed E-state index contributed by atoms with van der Waals surface area (Å²) in [5.41, 5.74) is 3.65. The molecule has 0 amide bonds. The molecule has 0 fully saturated rings. The minimum absolute atomic E-state index is 0.0487. The third-order valence-corrected chi connectivity index (χ3v) is 4.13. The molecule has 0 saturated carbocycles. The number of hydrogen-bond acceptors (Lipinski definition) is 5. The zero-order chi connectivity index (χ0) is 20.2. The van der Waals surface area contributed by atoms with Gasteiger partial charge in [0.1, 0.15) is 6.61 Å². The number of halogens is 2. The van der Waals surface area contributed by atoms with Gasteiger partial charge in [0.05, 0.1) is 11.4 Å². The molecule has 3 heterocycles. The molecule has 4 aromatic rings. The molecular weight excluding hydrogens is 378 g/mol. The van der Waals surface area contributed by atoms with E-state index in [-0.39, 0.29) is 18.1 Å². The molecular formula is C21H16F2N4O2. The maximum atomic E-state index is 12.7. The van der Waals surface area contributed by atoms with E-state index in [1.54, 1.807) is 41.3 Å². The lowest BCUT2D eigenvalue weighted by Crippen LogP contribution is -2.05. The molecule has 8 heteroatoms. The molecule has 0 N–H and O–H groups in total. The summed E-state index contributed by atoms with van der Waals surface area (Å²) in [5.74, 6) is 0.139. The minimum Gasteiger partial charge on any atom is -0.486 e. The number of fused-ring (bicyclic) bond motifs is 1. The van der Waals surface area contributed by atoms with Gasteiger partial charge in [-0.2, -0.15) is 13.9 Å². The van der Waals surface area contributed by atoms with Crippen LogP contribution in [0.25, 0.3) is 28.2 Å². The van der Waals surface area contributed by atoms with Crippen molar-refractivity contribution < 1.29 is 18.3 Å². The number of benzene rings is 1. The molecule has 0 radical (unpaired) electrons. The second-order valence-corrected chi connectivity index (χ2v) is 6.01. The SMILES string of the molecule is C=CCOc1cc(-c2ccnc3cc(-c4cccnc4)nn23)ccc1OC(F)F. The van der Waals surface area contributed by atoms with E-state index in [9.17, 15) is 8.78 Å². The highest BCUT2D eigenvalue weighted by Crippen LogP contribution is 2.34. The van der Waals surface area contributed by atoms with Crippen molar-refractivity contribution in [2.24, 2.45) is 0 Å². The Balaban J connectivity index is 1.79. The van der Waals surface area contributed by atoms with Crippen LogP contribution >= 0.6 is 0 Å². The topological polar surface area (TPSA) is 61.5 Å². The van der Waals surface area contributed by atoms with E-state index < -0.39 is 6.61 Å². The van der Waals surface area contributed by atoms with Crippen LogP contribution in [0.3, 0.4) is 0 Å². The molecule has 0 saturated heterocycles. The third kappa shape index (κ3) is 3.91. The molecule has 0 atom stereocenters. The molecule has 4 rings (SSSR count). The van der Waals surface area contributed by atoms with Gasteiger partial charge in [-0.25, -0.2) is 9.50 Å². The van der Waals surface area contributed by atoms with E-state index in [0.29, 0.717) is 11.2 Å². The Morgan fingerprint density at radius 2 is 1.97 bits per heavy atom. The van der Waals surface area contributed by atoms with Crippen LogP contribution in [0.1, 0.15) is 0 Å². The maximum absolute atomic E-state index is 12.7. The van der Waals surface area contributed by atoms with Crippen LogP contribution in [-0.2, 0) is 0 Å². The zero-order valence-electron chi connectivity index (χ0n) is 15.2. The Labute approximate surface area is 165 Å². The first kappa shape index (κ1) is 18.5. The van der Waals surface area contributed by atoms with Gasteiger partial charge in [0.15, 0.2) is 17.1 Å². The quantitative estimate of drug-likeness (QED) is 0.428. The lowest BCUT2D eigenvalue weighted by Gasteiger charge is -2.13. The van der Waals surface area contributed by atoms with Gasteiger partial charge in [-0.3, -0.25) is 4.98 Å². The summed E-state index contributed by atoms with van der Waals surface area (Å²) in [6.07, 6.45) is 6.60. The molecule has 0 bridgehead atoms. The van der Waals surface area contributed by atoms with Gasteiger partial charge >= 0.3 is 6.61 Å². The number of hydrogen-bond donors (Lipinski definition) is 0. The number of aromatic nitrogens is 4. The summed E-state index contributed by atoms with van der Waals surface area (Å²) in [4.78, 5) is 8.47. The summed E-state index contributed by atoms with van der Waals surface area (Å²) in [6, 6.07) is 12.1. The molecule has 0 aliphatic rings. The average molecular weight is 394 g/mol. The first-order valence-electron chi connectivity index (χ1n) is 8.74. The highest BCUT2D eigenvalue weighted by molar-refractivity contribution is 5.69. The third-order valence-electron chi connectivity index (χ3n) is 4.13. The standard InChI is InChI=1S/C21H16F2N4O2/c1-2-10-28-19-11-14(5-6-18(19)29-21(22)23)17-7-9-25-20-12-16(26-27(17)20)15-4-3-8-24-13-15/h2-9,11-13,21H,1,10H2. The molecule has 0 aliphatic carbocycles. The summed E-state index contributed by atoms with van der Waals surface area (Å²) in [5, 5.41) is 4.63. The van der Waals surface area contributed by atoms with Crippen molar-refractivity contribution in [2.45, 2.75) is 6.61 Å². The van der Waals surface area contributed by atoms with E-state index in [0.717, 1.165) is 17.0 Å². The second kappa shape index (κ2) is 8.05. The van der Waals surface area contributed by atoms with Crippen molar-refractivity contribution in [3.05, 3.63) is 73.7 Å². The molecule has 0 aliphatic heterocycles. The fraction of sp³-hybridized carbons (Fsp3) is 0.0952. The highest BCUT2D eigenvalue weighted by atomic mass is 19.3. The first-order chi connectivity index (χ1) is 14.2. The lowest BCUT2D eigenvalue weighted by molar-refractivity contribution is -0.0513. The fourth-order valence-corrected chi connectivity index (χ4v) is 2.89. The van der Waals surface area contributed by atoms with Crippen LogP contribution in [0.15, 0.2) is 73.7 Å². The van der Waals surface area contributed by atoms with Crippen molar-refractivity contribution in [1.82, 2.24) is 19.6 Å².